The van der Waals surface area contributed by atoms with Gasteiger partial charge < -0.3 is 4.90 Å². The lowest BCUT2D eigenvalue weighted by Crippen LogP contribution is -2.36. The molecule has 0 aliphatic carbocycles. The van der Waals surface area contributed by atoms with Gasteiger partial charge in [0.15, 0.2) is 0 Å². The fourth-order valence-corrected chi connectivity index (χ4v) is 1.62. The number of rotatable bonds is 4. The molecule has 0 radical (unpaired) electrons. The van der Waals surface area contributed by atoms with Crippen LogP contribution in [-0.4, -0.2) is 12.5 Å². The van der Waals surface area contributed by atoms with E-state index >= 15 is 0 Å². The van der Waals surface area contributed by atoms with Crippen LogP contribution in [-0.2, 0) is 4.79 Å². The van der Waals surface area contributed by atoms with Crippen LogP contribution in [0.3, 0.4) is 0 Å². The van der Waals surface area contributed by atoms with E-state index < -0.39 is 11.7 Å². The van der Waals surface area contributed by atoms with Crippen LogP contribution in [0.5, 0.6) is 0 Å². The van der Waals surface area contributed by atoms with Crippen LogP contribution in [0.2, 0.25) is 0 Å². The first kappa shape index (κ1) is 13.2. The summed E-state index contributed by atoms with van der Waals surface area (Å²) in [6.07, 6.45) is 0.431. The zero-order valence-electron chi connectivity index (χ0n) is 9.98. The van der Waals surface area contributed by atoms with Crippen molar-refractivity contribution < 1.29 is 9.18 Å². The molecule has 1 amide bonds. The van der Waals surface area contributed by atoms with E-state index in [2.05, 4.69) is 0 Å². The van der Waals surface area contributed by atoms with Gasteiger partial charge in [-0.25, -0.2) is 4.39 Å². The number of carbonyl (C=O) groups excluding carboxylic acids is 1. The first-order valence-electron chi connectivity index (χ1n) is 5.61. The molecule has 90 valence electrons. The molecule has 0 spiro atoms. The predicted molar refractivity (Wildman–Crippen MR) is 63.8 cm³/mol. The standard InChI is InChI=1S/C13H15FN2O/c1-3-10(9-15)13(17)16(4-2)12-8-6-5-7-11(12)14/h5-8,10H,3-4H2,1-2H3. The molecular formula is C13H15FN2O. The summed E-state index contributed by atoms with van der Waals surface area (Å²) in [4.78, 5) is 13.3. The van der Waals surface area contributed by atoms with Crippen molar-refractivity contribution in [2.75, 3.05) is 11.4 Å². The number of benzene rings is 1. The average Bonchev–Trinajstić information content (AvgIpc) is 2.34. The van der Waals surface area contributed by atoms with Crippen LogP contribution in [0.4, 0.5) is 10.1 Å². The minimum Gasteiger partial charge on any atom is -0.309 e. The van der Waals surface area contributed by atoms with Crippen molar-refractivity contribution in [2.45, 2.75) is 20.3 Å². The predicted octanol–water partition coefficient (Wildman–Crippen LogP) is 2.73. The molecule has 0 aliphatic heterocycles. The quantitative estimate of drug-likeness (QED) is 0.804. The summed E-state index contributed by atoms with van der Waals surface area (Å²) in [6.45, 7) is 3.87. The Bertz CT molecular complexity index is 439. The van der Waals surface area contributed by atoms with Crippen molar-refractivity contribution in [3.8, 4) is 6.07 Å². The largest absolute Gasteiger partial charge is 0.309 e. The maximum Gasteiger partial charge on any atom is 0.244 e. The van der Waals surface area contributed by atoms with Gasteiger partial charge in [-0.3, -0.25) is 4.79 Å². The molecule has 1 unspecified atom stereocenters. The highest BCUT2D eigenvalue weighted by Crippen LogP contribution is 2.21. The Kier molecular flexibility index (Phi) is 4.65. The number of hydrogen-bond acceptors (Lipinski definition) is 2. The molecule has 0 N–H and O–H groups in total. The molecule has 1 atom stereocenters. The van der Waals surface area contributed by atoms with Crippen LogP contribution >= 0.6 is 0 Å². The van der Waals surface area contributed by atoms with Gasteiger partial charge in [0.25, 0.3) is 0 Å². The van der Waals surface area contributed by atoms with Crippen LogP contribution in [0, 0.1) is 23.1 Å². The topological polar surface area (TPSA) is 44.1 Å². The molecule has 3 nitrogen and oxygen atoms in total. The molecule has 0 bridgehead atoms. The van der Waals surface area contributed by atoms with Crippen molar-refractivity contribution in [2.24, 2.45) is 5.92 Å². The number of amides is 1. The van der Waals surface area contributed by atoms with E-state index in [9.17, 15) is 9.18 Å². The summed E-state index contributed by atoms with van der Waals surface area (Å²) in [5.74, 6) is -1.51. The second kappa shape index (κ2) is 6.00. The van der Waals surface area contributed by atoms with Gasteiger partial charge in [-0.1, -0.05) is 19.1 Å². The van der Waals surface area contributed by atoms with Crippen LogP contribution in [0.15, 0.2) is 24.3 Å². The zero-order valence-corrected chi connectivity index (χ0v) is 9.98. The lowest BCUT2D eigenvalue weighted by atomic mass is 10.1. The fourth-order valence-electron chi connectivity index (χ4n) is 1.62. The normalized spacial score (nSPS) is 11.6. The lowest BCUT2D eigenvalue weighted by Gasteiger charge is -2.23. The number of nitriles is 1. The summed E-state index contributed by atoms with van der Waals surface area (Å²) in [5.41, 5.74) is 0.230. The van der Waals surface area contributed by atoms with Gasteiger partial charge in [0.05, 0.1) is 11.8 Å². The Morgan fingerprint density at radius 1 is 1.47 bits per heavy atom. The van der Waals surface area contributed by atoms with E-state index in [1.165, 1.54) is 11.0 Å². The summed E-state index contributed by atoms with van der Waals surface area (Å²) in [5, 5.41) is 8.87. The Hall–Kier alpha value is -1.89. The second-order valence-corrected chi connectivity index (χ2v) is 3.62. The number of hydrogen-bond donors (Lipinski definition) is 0. The molecule has 1 aromatic carbocycles. The number of nitrogens with zero attached hydrogens (tertiary/aromatic N) is 2. The van der Waals surface area contributed by atoms with Crippen molar-refractivity contribution in [1.29, 1.82) is 5.26 Å². The number of anilines is 1. The van der Waals surface area contributed by atoms with Gasteiger partial charge in [-0.05, 0) is 25.5 Å². The maximum absolute atomic E-state index is 13.6. The smallest absolute Gasteiger partial charge is 0.244 e. The van der Waals surface area contributed by atoms with Gasteiger partial charge in [0.2, 0.25) is 5.91 Å². The number of carbonyl (C=O) groups is 1. The Labute approximate surface area is 100 Å². The van der Waals surface area contributed by atoms with Gasteiger partial charge in [-0.2, -0.15) is 5.26 Å². The maximum atomic E-state index is 13.6. The minimum absolute atomic E-state index is 0.230. The van der Waals surface area contributed by atoms with Gasteiger partial charge in [-0.15, -0.1) is 0 Å². The second-order valence-electron chi connectivity index (χ2n) is 3.62. The summed E-state index contributed by atoms with van der Waals surface area (Å²) >= 11 is 0. The van der Waals surface area contributed by atoms with Crippen LogP contribution in [0.1, 0.15) is 20.3 Å². The third-order valence-electron chi connectivity index (χ3n) is 2.59. The first-order chi connectivity index (χ1) is 8.15. The van der Waals surface area contributed by atoms with Crippen molar-refractivity contribution in [3.63, 3.8) is 0 Å². The van der Waals surface area contributed by atoms with Crippen LogP contribution in [0.25, 0.3) is 0 Å². The molecule has 0 aliphatic rings. The van der Waals surface area contributed by atoms with Crippen molar-refractivity contribution in [1.82, 2.24) is 0 Å². The molecule has 17 heavy (non-hydrogen) atoms. The Morgan fingerprint density at radius 3 is 2.59 bits per heavy atom. The molecule has 0 aromatic heterocycles. The highest BCUT2D eigenvalue weighted by Gasteiger charge is 2.24. The van der Waals surface area contributed by atoms with E-state index in [1.54, 1.807) is 32.0 Å². The summed E-state index contributed by atoms with van der Waals surface area (Å²) in [6, 6.07) is 8.03. The monoisotopic (exact) mass is 234 g/mol. The average molecular weight is 234 g/mol. The number of para-hydroxylation sites is 1. The Morgan fingerprint density at radius 2 is 2.12 bits per heavy atom. The van der Waals surface area contributed by atoms with Gasteiger partial charge in [0.1, 0.15) is 11.7 Å². The van der Waals surface area contributed by atoms with E-state index in [-0.39, 0.29) is 11.6 Å². The minimum atomic E-state index is -0.713. The molecular weight excluding hydrogens is 219 g/mol. The lowest BCUT2D eigenvalue weighted by molar-refractivity contribution is -0.120. The third kappa shape index (κ3) is 2.82. The molecule has 0 saturated heterocycles. The van der Waals surface area contributed by atoms with E-state index in [0.717, 1.165) is 0 Å². The molecule has 1 rings (SSSR count). The fraction of sp³-hybridized carbons (Fsp3) is 0.385. The molecule has 1 aromatic rings. The molecule has 0 saturated carbocycles. The SMILES string of the molecule is CCC(C#N)C(=O)N(CC)c1ccccc1F. The van der Waals surface area contributed by atoms with E-state index in [4.69, 9.17) is 5.26 Å². The molecule has 0 fully saturated rings. The van der Waals surface area contributed by atoms with E-state index in [0.29, 0.717) is 13.0 Å². The van der Waals surface area contributed by atoms with Crippen molar-refractivity contribution in [3.05, 3.63) is 30.1 Å². The summed E-state index contributed by atoms with van der Waals surface area (Å²) in [7, 11) is 0. The van der Waals surface area contributed by atoms with Crippen molar-refractivity contribution >= 4 is 11.6 Å². The third-order valence-corrected chi connectivity index (χ3v) is 2.59. The van der Waals surface area contributed by atoms with Gasteiger partial charge in [0, 0.05) is 6.54 Å². The van der Waals surface area contributed by atoms with Crippen LogP contribution < -0.4 is 4.90 Å². The Balaban J connectivity index is 3.05. The number of halogens is 1. The summed E-state index contributed by atoms with van der Waals surface area (Å²) < 4.78 is 13.6. The van der Waals surface area contributed by atoms with Gasteiger partial charge >= 0.3 is 0 Å². The first-order valence-corrected chi connectivity index (χ1v) is 5.61. The highest BCUT2D eigenvalue weighted by atomic mass is 19.1. The molecule has 0 heterocycles. The molecule has 4 heteroatoms. The zero-order chi connectivity index (χ0) is 12.8. The highest BCUT2D eigenvalue weighted by molar-refractivity contribution is 5.96. The van der Waals surface area contributed by atoms with E-state index in [1.807, 2.05) is 6.07 Å².